The van der Waals surface area contributed by atoms with Crippen LogP contribution in [0.5, 0.6) is 5.75 Å². The van der Waals surface area contributed by atoms with Crippen molar-refractivity contribution >= 4 is 22.0 Å². The van der Waals surface area contributed by atoms with Crippen molar-refractivity contribution in [3.8, 4) is 5.75 Å². The highest BCUT2D eigenvalue weighted by atomic mass is 19.1. The highest BCUT2D eigenvalue weighted by molar-refractivity contribution is 6.01. The van der Waals surface area contributed by atoms with E-state index in [0.717, 1.165) is 60.1 Å². The van der Waals surface area contributed by atoms with Gasteiger partial charge in [-0.15, -0.1) is 5.10 Å². The summed E-state index contributed by atoms with van der Waals surface area (Å²) in [5.74, 6) is 0.885. The number of rotatable bonds is 7. The van der Waals surface area contributed by atoms with E-state index in [4.69, 9.17) is 9.47 Å². The van der Waals surface area contributed by atoms with Gasteiger partial charge in [-0.2, -0.15) is 4.39 Å². The van der Waals surface area contributed by atoms with Gasteiger partial charge in [-0.05, 0) is 97.0 Å². The maximum Gasteiger partial charge on any atom is 0.240 e. The van der Waals surface area contributed by atoms with Crippen molar-refractivity contribution in [2.24, 2.45) is 5.92 Å². The van der Waals surface area contributed by atoms with Crippen LogP contribution in [0.15, 0.2) is 72.8 Å². The Labute approximate surface area is 217 Å². The average molecular weight is 497 g/mol. The Hall–Kier alpha value is -3.44. The number of allylic oxidation sites excluding steroid dienone is 1. The van der Waals surface area contributed by atoms with Gasteiger partial charge in [-0.25, -0.2) is 4.68 Å². The number of ether oxygens (including phenoxy) is 2. The van der Waals surface area contributed by atoms with Crippen molar-refractivity contribution in [1.29, 1.82) is 0 Å². The molecule has 1 unspecified atom stereocenters. The lowest BCUT2D eigenvalue weighted by atomic mass is 9.73. The minimum atomic E-state index is -0.443. The Morgan fingerprint density at radius 3 is 2.38 bits per heavy atom. The standard InChI is InChI=1S/C32H33FN2O2/c1-2-36-26-17-14-24(15-18-26)31(30(23-11-8-12-23)22-9-4-3-5-10-22)25-16-19-28-27(21-25)32(33)34-35(28)29-13-6-7-20-37-29/h3-5,9-10,14-19,21,23,29H,2,6-8,11-13,20H2,1H3/b31-30-. The van der Waals surface area contributed by atoms with Gasteiger partial charge in [0.15, 0.2) is 6.23 Å². The van der Waals surface area contributed by atoms with E-state index in [0.29, 0.717) is 24.5 Å². The number of hydrogen-bond donors (Lipinski definition) is 0. The van der Waals surface area contributed by atoms with Crippen molar-refractivity contribution in [2.45, 2.75) is 51.7 Å². The molecular formula is C32H33FN2O2. The molecule has 1 aliphatic carbocycles. The third-order valence-electron chi connectivity index (χ3n) is 7.70. The quantitative estimate of drug-likeness (QED) is 0.243. The highest BCUT2D eigenvalue weighted by Crippen LogP contribution is 2.45. The fourth-order valence-corrected chi connectivity index (χ4v) is 5.66. The van der Waals surface area contributed by atoms with E-state index in [-0.39, 0.29) is 6.23 Å². The van der Waals surface area contributed by atoms with E-state index < -0.39 is 5.95 Å². The minimum absolute atomic E-state index is 0.206. The van der Waals surface area contributed by atoms with Gasteiger partial charge < -0.3 is 9.47 Å². The SMILES string of the molecule is CCOc1ccc(/C(=C(\c2ccccc2)C2CCC2)c2ccc3c(c2)c(F)nn3C2CCCCO2)cc1. The second-order valence-electron chi connectivity index (χ2n) is 10.0. The Bertz CT molecular complexity index is 1400. The van der Waals surface area contributed by atoms with Gasteiger partial charge in [0, 0.05) is 6.61 Å². The predicted molar refractivity (Wildman–Crippen MR) is 146 cm³/mol. The van der Waals surface area contributed by atoms with Crippen molar-refractivity contribution in [3.05, 3.63) is 95.4 Å². The fourth-order valence-electron chi connectivity index (χ4n) is 5.66. The number of benzene rings is 3. The summed E-state index contributed by atoms with van der Waals surface area (Å²) in [6.07, 6.45) is 6.33. The molecule has 1 aliphatic heterocycles. The summed E-state index contributed by atoms with van der Waals surface area (Å²) in [4.78, 5) is 0. The third-order valence-corrected chi connectivity index (χ3v) is 7.70. The Balaban J connectivity index is 1.53. The van der Waals surface area contributed by atoms with E-state index in [1.165, 1.54) is 17.6 Å². The zero-order valence-corrected chi connectivity index (χ0v) is 21.3. The van der Waals surface area contributed by atoms with Crippen molar-refractivity contribution < 1.29 is 13.9 Å². The highest BCUT2D eigenvalue weighted by Gasteiger charge is 2.28. The van der Waals surface area contributed by atoms with Crippen LogP contribution in [0.2, 0.25) is 0 Å². The molecule has 1 atom stereocenters. The van der Waals surface area contributed by atoms with Gasteiger partial charge in [0.1, 0.15) is 5.75 Å². The summed E-state index contributed by atoms with van der Waals surface area (Å²) in [6, 6.07) is 25.1. The molecule has 1 aromatic heterocycles. The van der Waals surface area contributed by atoms with Gasteiger partial charge in [-0.1, -0.05) is 55.0 Å². The van der Waals surface area contributed by atoms with Crippen LogP contribution in [0.3, 0.4) is 0 Å². The van der Waals surface area contributed by atoms with Crippen LogP contribution in [0.1, 0.15) is 68.4 Å². The first-order valence-corrected chi connectivity index (χ1v) is 13.6. The largest absolute Gasteiger partial charge is 0.494 e. The van der Waals surface area contributed by atoms with Gasteiger partial charge in [-0.3, -0.25) is 0 Å². The van der Waals surface area contributed by atoms with Crippen LogP contribution in [0, 0.1) is 11.9 Å². The van der Waals surface area contributed by atoms with Gasteiger partial charge in [0.25, 0.3) is 0 Å². The normalized spacial score (nSPS) is 18.9. The number of nitrogens with zero attached hydrogens (tertiary/aromatic N) is 2. The molecular weight excluding hydrogens is 463 g/mol. The molecule has 0 bridgehead atoms. The number of halogens is 1. The third kappa shape index (κ3) is 4.69. The van der Waals surface area contributed by atoms with Gasteiger partial charge in [0.05, 0.1) is 17.5 Å². The molecule has 37 heavy (non-hydrogen) atoms. The second-order valence-corrected chi connectivity index (χ2v) is 10.0. The molecule has 2 heterocycles. The van der Waals surface area contributed by atoms with Crippen molar-refractivity contribution in [2.75, 3.05) is 13.2 Å². The summed E-state index contributed by atoms with van der Waals surface area (Å²) < 4.78 is 28.7. The van der Waals surface area contributed by atoms with E-state index in [1.54, 1.807) is 4.68 Å². The molecule has 4 nitrogen and oxygen atoms in total. The summed E-state index contributed by atoms with van der Waals surface area (Å²) in [5, 5.41) is 4.81. The summed E-state index contributed by atoms with van der Waals surface area (Å²) in [5.41, 5.74) is 6.61. The van der Waals surface area contributed by atoms with E-state index in [9.17, 15) is 0 Å². The molecule has 2 aliphatic rings. The van der Waals surface area contributed by atoms with E-state index >= 15 is 4.39 Å². The lowest BCUT2D eigenvalue weighted by Gasteiger charge is -2.31. The molecule has 0 N–H and O–H groups in total. The molecule has 0 spiro atoms. The first-order valence-electron chi connectivity index (χ1n) is 13.6. The molecule has 1 saturated carbocycles. The number of hydrogen-bond acceptors (Lipinski definition) is 3. The van der Waals surface area contributed by atoms with Crippen molar-refractivity contribution in [1.82, 2.24) is 9.78 Å². The molecule has 3 aromatic carbocycles. The summed E-state index contributed by atoms with van der Waals surface area (Å²) in [7, 11) is 0. The number of aromatic nitrogens is 2. The molecule has 1 saturated heterocycles. The predicted octanol–water partition coefficient (Wildman–Crippen LogP) is 8.03. The van der Waals surface area contributed by atoms with Crippen LogP contribution in [-0.4, -0.2) is 23.0 Å². The van der Waals surface area contributed by atoms with Crippen LogP contribution < -0.4 is 4.74 Å². The van der Waals surface area contributed by atoms with Crippen LogP contribution >= 0.6 is 0 Å². The lowest BCUT2D eigenvalue weighted by Crippen LogP contribution is -2.19. The summed E-state index contributed by atoms with van der Waals surface area (Å²) in [6.45, 7) is 3.31. The Kier molecular flexibility index (Phi) is 6.79. The maximum absolute atomic E-state index is 15.3. The van der Waals surface area contributed by atoms with Gasteiger partial charge >= 0.3 is 0 Å². The molecule has 2 fully saturated rings. The van der Waals surface area contributed by atoms with Crippen LogP contribution in [0.25, 0.3) is 22.0 Å². The lowest BCUT2D eigenvalue weighted by molar-refractivity contribution is -0.0375. The average Bonchev–Trinajstić information content (AvgIpc) is 3.25. The molecule has 0 radical (unpaired) electrons. The Morgan fingerprint density at radius 2 is 1.70 bits per heavy atom. The van der Waals surface area contributed by atoms with E-state index in [2.05, 4.69) is 53.6 Å². The second kappa shape index (κ2) is 10.5. The number of fused-ring (bicyclic) bond motifs is 1. The Morgan fingerprint density at radius 1 is 0.919 bits per heavy atom. The first-order chi connectivity index (χ1) is 18.2. The molecule has 190 valence electrons. The zero-order chi connectivity index (χ0) is 25.2. The van der Waals surface area contributed by atoms with Crippen LogP contribution in [0.4, 0.5) is 4.39 Å². The summed E-state index contributed by atoms with van der Waals surface area (Å²) >= 11 is 0. The van der Waals surface area contributed by atoms with Crippen molar-refractivity contribution in [3.63, 3.8) is 0 Å². The monoisotopic (exact) mass is 496 g/mol. The topological polar surface area (TPSA) is 36.3 Å². The maximum atomic E-state index is 15.3. The zero-order valence-electron chi connectivity index (χ0n) is 21.3. The molecule has 5 heteroatoms. The molecule has 4 aromatic rings. The molecule has 6 rings (SSSR count). The smallest absolute Gasteiger partial charge is 0.240 e. The first kappa shape index (κ1) is 23.9. The molecule has 0 amide bonds. The van der Waals surface area contributed by atoms with Crippen LogP contribution in [-0.2, 0) is 4.74 Å². The minimum Gasteiger partial charge on any atom is -0.494 e. The fraction of sp³-hybridized carbons (Fsp3) is 0.344. The van der Waals surface area contributed by atoms with E-state index in [1.807, 2.05) is 31.2 Å². The van der Waals surface area contributed by atoms with Gasteiger partial charge in [0.2, 0.25) is 5.95 Å².